The van der Waals surface area contributed by atoms with Crippen molar-refractivity contribution < 1.29 is 14.3 Å². The zero-order valence-electron chi connectivity index (χ0n) is 15.0. The molecule has 4 atom stereocenters. The Hall–Kier alpha value is -1.36. The molecule has 0 aromatic heterocycles. The van der Waals surface area contributed by atoms with Gasteiger partial charge in [-0.3, -0.25) is 30.4 Å². The van der Waals surface area contributed by atoms with Crippen LogP contribution in [0, 0.1) is 0 Å². The zero-order valence-corrected chi connectivity index (χ0v) is 16.6. The van der Waals surface area contributed by atoms with Gasteiger partial charge in [0.2, 0.25) is 5.91 Å². The standard InChI is InChI=1S/C17H24ClN5O3S/c1-23(15-13(19)14(18)20-9-21-15)6-7-26-11-4-2-10(3-5-11)8-12-16(24)22-17(25)27-12/h2-5,12-15,20-21H,6-9,19H2,1H3,(H,22,24,25). The number of benzene rings is 1. The highest BCUT2D eigenvalue weighted by Gasteiger charge is 2.32. The van der Waals surface area contributed by atoms with Crippen LogP contribution < -0.4 is 26.4 Å². The molecule has 5 N–H and O–H groups in total. The highest BCUT2D eigenvalue weighted by Crippen LogP contribution is 2.23. The largest absolute Gasteiger partial charge is 0.492 e. The fourth-order valence-corrected chi connectivity index (χ4v) is 4.13. The molecular formula is C17H24ClN5O3S. The Morgan fingerprint density at radius 2 is 2.04 bits per heavy atom. The normalized spacial score (nSPS) is 28.4. The summed E-state index contributed by atoms with van der Waals surface area (Å²) in [7, 11) is 1.98. The van der Waals surface area contributed by atoms with Crippen molar-refractivity contribution >= 4 is 34.5 Å². The maximum absolute atomic E-state index is 11.6. The fourth-order valence-electron chi connectivity index (χ4n) is 3.05. The van der Waals surface area contributed by atoms with E-state index in [0.717, 1.165) is 23.1 Å². The van der Waals surface area contributed by atoms with Crippen LogP contribution in [-0.2, 0) is 11.2 Å². The molecular weight excluding hydrogens is 390 g/mol. The monoisotopic (exact) mass is 413 g/mol. The summed E-state index contributed by atoms with van der Waals surface area (Å²) in [6, 6.07) is 7.36. The number of nitrogens with two attached hydrogens (primary N) is 1. The third-order valence-corrected chi connectivity index (χ3v) is 6.04. The van der Waals surface area contributed by atoms with Gasteiger partial charge in [0.1, 0.15) is 17.9 Å². The first kappa shape index (κ1) is 20.4. The van der Waals surface area contributed by atoms with E-state index >= 15 is 0 Å². The Morgan fingerprint density at radius 3 is 2.70 bits per heavy atom. The molecule has 2 fully saturated rings. The number of thioether (sulfide) groups is 1. The Labute approximate surface area is 167 Å². The molecule has 4 unspecified atom stereocenters. The number of rotatable bonds is 7. The molecule has 0 saturated carbocycles. The molecule has 1 aromatic rings. The topological polar surface area (TPSA) is 109 Å². The van der Waals surface area contributed by atoms with Gasteiger partial charge >= 0.3 is 0 Å². The predicted octanol–water partition coefficient (Wildman–Crippen LogP) is 0.260. The number of carbonyl (C=O) groups is 2. The van der Waals surface area contributed by atoms with Gasteiger partial charge < -0.3 is 10.5 Å². The number of hydrogen-bond donors (Lipinski definition) is 4. The number of carbonyl (C=O) groups excluding carboxylic acids is 2. The van der Waals surface area contributed by atoms with E-state index < -0.39 is 0 Å². The summed E-state index contributed by atoms with van der Waals surface area (Å²) in [5, 5.41) is 8.01. The van der Waals surface area contributed by atoms with Gasteiger partial charge in [0.25, 0.3) is 5.24 Å². The van der Waals surface area contributed by atoms with Crippen LogP contribution in [0.5, 0.6) is 5.75 Å². The summed E-state index contributed by atoms with van der Waals surface area (Å²) in [6.45, 7) is 1.82. The number of ether oxygens (including phenoxy) is 1. The van der Waals surface area contributed by atoms with Crippen LogP contribution >= 0.6 is 23.4 Å². The second-order valence-electron chi connectivity index (χ2n) is 6.57. The lowest BCUT2D eigenvalue weighted by Crippen LogP contribution is -2.67. The Morgan fingerprint density at radius 1 is 1.30 bits per heavy atom. The van der Waals surface area contributed by atoms with Crippen LogP contribution in [0.15, 0.2) is 24.3 Å². The number of halogens is 1. The highest BCUT2D eigenvalue weighted by molar-refractivity contribution is 8.15. The molecule has 2 aliphatic heterocycles. The molecule has 0 aliphatic carbocycles. The van der Waals surface area contributed by atoms with Crippen molar-refractivity contribution in [2.24, 2.45) is 5.73 Å². The third kappa shape index (κ3) is 5.34. The van der Waals surface area contributed by atoms with Crippen LogP contribution in [0.2, 0.25) is 0 Å². The van der Waals surface area contributed by atoms with Crippen LogP contribution in [0.3, 0.4) is 0 Å². The Bertz CT molecular complexity index is 677. The van der Waals surface area contributed by atoms with Gasteiger partial charge in [0, 0.05) is 13.2 Å². The zero-order chi connectivity index (χ0) is 19.4. The third-order valence-electron chi connectivity index (χ3n) is 4.61. The van der Waals surface area contributed by atoms with Gasteiger partial charge in [-0.2, -0.15) is 0 Å². The number of likely N-dealkylation sites (N-methyl/N-ethyl adjacent to an activating group) is 1. The van der Waals surface area contributed by atoms with E-state index in [9.17, 15) is 9.59 Å². The van der Waals surface area contributed by atoms with E-state index in [1.54, 1.807) is 0 Å². The van der Waals surface area contributed by atoms with E-state index in [-0.39, 0.29) is 34.1 Å². The average Bonchev–Trinajstić information content (AvgIpc) is 2.96. The number of amides is 2. The van der Waals surface area contributed by atoms with Crippen molar-refractivity contribution in [1.82, 2.24) is 20.9 Å². The lowest BCUT2D eigenvalue weighted by Gasteiger charge is -2.39. The molecule has 148 valence electrons. The molecule has 10 heteroatoms. The second kappa shape index (κ2) is 9.22. The minimum Gasteiger partial charge on any atom is -0.492 e. The summed E-state index contributed by atoms with van der Waals surface area (Å²) in [4.78, 5) is 24.9. The Kier molecular flexibility index (Phi) is 6.96. The van der Waals surface area contributed by atoms with Gasteiger partial charge in [-0.1, -0.05) is 23.9 Å². The van der Waals surface area contributed by atoms with Crippen molar-refractivity contribution in [3.63, 3.8) is 0 Å². The molecule has 0 bridgehead atoms. The van der Waals surface area contributed by atoms with E-state index in [4.69, 9.17) is 22.1 Å². The minimum absolute atomic E-state index is 0.0162. The molecule has 27 heavy (non-hydrogen) atoms. The van der Waals surface area contributed by atoms with Crippen LogP contribution in [0.1, 0.15) is 5.56 Å². The summed E-state index contributed by atoms with van der Waals surface area (Å²) in [6.07, 6.45) is 0.502. The Balaban J connectivity index is 1.43. The molecule has 2 heterocycles. The molecule has 0 radical (unpaired) electrons. The van der Waals surface area contributed by atoms with Crippen LogP contribution in [-0.4, -0.2) is 65.9 Å². The minimum atomic E-state index is -0.356. The molecule has 3 rings (SSSR count). The fraction of sp³-hybridized carbons (Fsp3) is 0.529. The van der Waals surface area contributed by atoms with E-state index in [2.05, 4.69) is 20.9 Å². The average molecular weight is 414 g/mol. The molecule has 2 aliphatic rings. The number of hydrogen-bond acceptors (Lipinski definition) is 8. The number of alkyl halides is 1. The molecule has 2 amide bonds. The van der Waals surface area contributed by atoms with Crippen molar-refractivity contribution in [2.75, 3.05) is 26.9 Å². The lowest BCUT2D eigenvalue weighted by molar-refractivity contribution is -0.118. The summed E-state index contributed by atoms with van der Waals surface area (Å²) < 4.78 is 5.80. The first-order valence-electron chi connectivity index (χ1n) is 8.74. The molecule has 8 nitrogen and oxygen atoms in total. The summed E-state index contributed by atoms with van der Waals surface area (Å²) >= 11 is 7.19. The van der Waals surface area contributed by atoms with E-state index in [0.29, 0.717) is 26.2 Å². The highest BCUT2D eigenvalue weighted by atomic mass is 35.5. The van der Waals surface area contributed by atoms with Crippen molar-refractivity contribution in [3.8, 4) is 5.75 Å². The van der Waals surface area contributed by atoms with Crippen LogP contribution in [0.4, 0.5) is 4.79 Å². The summed E-state index contributed by atoms with van der Waals surface area (Å²) in [5.41, 5.74) is 6.84. The van der Waals surface area contributed by atoms with E-state index in [1.165, 1.54) is 0 Å². The molecule has 1 aromatic carbocycles. The number of nitrogens with one attached hydrogen (secondary N) is 3. The van der Waals surface area contributed by atoms with Crippen molar-refractivity contribution in [2.45, 2.75) is 29.4 Å². The summed E-state index contributed by atoms with van der Waals surface area (Å²) in [5.74, 6) is 0.529. The number of imide groups is 1. The molecule has 2 saturated heterocycles. The quantitative estimate of drug-likeness (QED) is 0.372. The van der Waals surface area contributed by atoms with Gasteiger partial charge in [0.15, 0.2) is 0 Å². The van der Waals surface area contributed by atoms with Gasteiger partial charge in [-0.05, 0) is 31.2 Å². The maximum atomic E-state index is 11.6. The first-order chi connectivity index (χ1) is 12.9. The lowest BCUT2D eigenvalue weighted by atomic mass is 10.1. The van der Waals surface area contributed by atoms with Gasteiger partial charge in [-0.15, -0.1) is 11.6 Å². The first-order valence-corrected chi connectivity index (χ1v) is 10.1. The van der Waals surface area contributed by atoms with Crippen molar-refractivity contribution in [1.29, 1.82) is 0 Å². The second-order valence-corrected chi connectivity index (χ2v) is 8.22. The smallest absolute Gasteiger partial charge is 0.286 e. The maximum Gasteiger partial charge on any atom is 0.286 e. The van der Waals surface area contributed by atoms with Gasteiger partial charge in [0.05, 0.1) is 17.5 Å². The SMILES string of the molecule is CN(CCOc1ccc(CC2SC(=O)NC2=O)cc1)C1NCNC(Cl)C1N. The van der Waals surface area contributed by atoms with Crippen LogP contribution in [0.25, 0.3) is 0 Å². The molecule has 0 spiro atoms. The van der Waals surface area contributed by atoms with Crippen molar-refractivity contribution in [3.05, 3.63) is 29.8 Å². The predicted molar refractivity (Wildman–Crippen MR) is 106 cm³/mol. The van der Waals surface area contributed by atoms with E-state index in [1.807, 2.05) is 31.3 Å². The van der Waals surface area contributed by atoms with Gasteiger partial charge in [-0.25, -0.2) is 0 Å². The number of nitrogens with zero attached hydrogens (tertiary/aromatic N) is 1.